The summed E-state index contributed by atoms with van der Waals surface area (Å²) in [4.78, 5) is 21.3. The van der Waals surface area contributed by atoms with E-state index in [1.165, 1.54) is 24.9 Å². The molecule has 1 aromatic rings. The van der Waals surface area contributed by atoms with Crippen LogP contribution in [0.25, 0.3) is 0 Å². The number of fused-ring (bicyclic) bond motifs is 1. The van der Waals surface area contributed by atoms with Gasteiger partial charge < -0.3 is 15.5 Å². The van der Waals surface area contributed by atoms with E-state index in [2.05, 4.69) is 62.7 Å². The number of piperidine rings is 2. The number of likely N-dealkylation sites (tertiary alicyclic amines) is 2. The van der Waals surface area contributed by atoms with Gasteiger partial charge in [0.25, 0.3) is 0 Å². The molecule has 2 unspecified atom stereocenters. The molecule has 0 saturated carbocycles. The van der Waals surface area contributed by atoms with Gasteiger partial charge in [0.15, 0.2) is 5.96 Å². The third-order valence-electron chi connectivity index (χ3n) is 5.90. The molecule has 2 N–H and O–H groups in total. The van der Waals surface area contributed by atoms with Crippen LogP contribution in [0.2, 0.25) is 0 Å². The first kappa shape index (κ1) is 23.9. The summed E-state index contributed by atoms with van der Waals surface area (Å²) in [6.07, 6.45) is 4.64. The molecule has 2 aliphatic heterocycles. The second-order valence-corrected chi connectivity index (χ2v) is 7.91. The molecule has 2 fully saturated rings. The van der Waals surface area contributed by atoms with Gasteiger partial charge in [-0.1, -0.05) is 37.3 Å². The first-order valence-electron chi connectivity index (χ1n) is 10.7. The van der Waals surface area contributed by atoms with Crippen molar-refractivity contribution in [1.82, 2.24) is 20.4 Å². The highest BCUT2D eigenvalue weighted by molar-refractivity contribution is 14.0. The van der Waals surface area contributed by atoms with Crippen LogP contribution in [0.15, 0.2) is 35.3 Å². The van der Waals surface area contributed by atoms with Crippen LogP contribution in [0.1, 0.15) is 38.2 Å². The molecular weight excluding hydrogens is 477 g/mol. The highest BCUT2D eigenvalue weighted by Gasteiger charge is 2.36. The molecule has 0 aromatic heterocycles. The van der Waals surface area contributed by atoms with Gasteiger partial charge in [0.2, 0.25) is 5.91 Å². The maximum absolute atomic E-state index is 11.9. The number of hydrogen-bond donors (Lipinski definition) is 2. The fourth-order valence-electron chi connectivity index (χ4n) is 4.53. The predicted octanol–water partition coefficient (Wildman–Crippen LogP) is 2.69. The van der Waals surface area contributed by atoms with Crippen LogP contribution < -0.4 is 10.6 Å². The van der Waals surface area contributed by atoms with Gasteiger partial charge in [-0.05, 0) is 43.7 Å². The Bertz CT molecular complexity index is 654. The Morgan fingerprint density at radius 1 is 1.17 bits per heavy atom. The van der Waals surface area contributed by atoms with E-state index in [0.717, 1.165) is 45.0 Å². The number of guanidine groups is 1. The summed E-state index contributed by atoms with van der Waals surface area (Å²) >= 11 is 0. The number of nitrogens with one attached hydrogen (secondary N) is 2. The highest BCUT2D eigenvalue weighted by Crippen LogP contribution is 2.31. The minimum absolute atomic E-state index is 0. The molecule has 0 aliphatic carbocycles. The van der Waals surface area contributed by atoms with E-state index in [4.69, 9.17) is 0 Å². The van der Waals surface area contributed by atoms with Gasteiger partial charge in [-0.3, -0.25) is 14.7 Å². The molecule has 2 heterocycles. The molecule has 0 bridgehead atoms. The maximum Gasteiger partial charge on any atom is 0.239 e. The van der Waals surface area contributed by atoms with Gasteiger partial charge in [-0.15, -0.1) is 24.0 Å². The van der Waals surface area contributed by atoms with Crippen LogP contribution in [-0.4, -0.2) is 67.5 Å². The Morgan fingerprint density at radius 2 is 1.97 bits per heavy atom. The van der Waals surface area contributed by atoms with E-state index in [1.54, 1.807) is 7.05 Å². The first-order chi connectivity index (χ1) is 13.7. The molecule has 7 heteroatoms. The van der Waals surface area contributed by atoms with Gasteiger partial charge in [-0.2, -0.15) is 0 Å². The molecule has 3 rings (SSSR count). The van der Waals surface area contributed by atoms with E-state index < -0.39 is 0 Å². The van der Waals surface area contributed by atoms with Crippen molar-refractivity contribution in [2.24, 2.45) is 10.9 Å². The number of carbonyl (C=O) groups is 1. The fourth-order valence-corrected chi connectivity index (χ4v) is 4.53. The van der Waals surface area contributed by atoms with Gasteiger partial charge in [0.1, 0.15) is 0 Å². The molecule has 6 nitrogen and oxygen atoms in total. The first-order valence-corrected chi connectivity index (χ1v) is 10.7. The molecule has 1 amide bonds. The summed E-state index contributed by atoms with van der Waals surface area (Å²) in [6, 6.07) is 11.5. The Morgan fingerprint density at radius 3 is 2.69 bits per heavy atom. The van der Waals surface area contributed by atoms with Gasteiger partial charge in [0, 0.05) is 39.3 Å². The highest BCUT2D eigenvalue weighted by atomic mass is 127. The second kappa shape index (κ2) is 12.4. The van der Waals surface area contributed by atoms with Crippen molar-refractivity contribution in [3.8, 4) is 0 Å². The Balaban J connectivity index is 0.00000300. The third kappa shape index (κ3) is 6.84. The van der Waals surface area contributed by atoms with Gasteiger partial charge in [0.05, 0.1) is 6.54 Å². The zero-order valence-electron chi connectivity index (χ0n) is 17.8. The van der Waals surface area contributed by atoms with Crippen molar-refractivity contribution in [3.63, 3.8) is 0 Å². The molecule has 0 spiro atoms. The van der Waals surface area contributed by atoms with E-state index >= 15 is 0 Å². The normalized spacial score (nSPS) is 22.4. The number of halogens is 1. The zero-order chi connectivity index (χ0) is 19.8. The minimum Gasteiger partial charge on any atom is -0.355 e. The lowest BCUT2D eigenvalue weighted by atomic mass is 9.83. The smallest absolute Gasteiger partial charge is 0.239 e. The summed E-state index contributed by atoms with van der Waals surface area (Å²) in [5.74, 6) is 1.55. The number of amides is 1. The average molecular weight is 513 g/mol. The van der Waals surface area contributed by atoms with Crippen molar-refractivity contribution in [2.75, 3.05) is 39.8 Å². The van der Waals surface area contributed by atoms with E-state index in [-0.39, 0.29) is 36.4 Å². The zero-order valence-corrected chi connectivity index (χ0v) is 20.1. The quantitative estimate of drug-likeness (QED) is 0.349. The lowest BCUT2D eigenvalue weighted by Gasteiger charge is -2.48. The number of carbonyl (C=O) groups excluding carboxylic acids is 1. The van der Waals surface area contributed by atoms with Crippen LogP contribution in [0.3, 0.4) is 0 Å². The summed E-state index contributed by atoms with van der Waals surface area (Å²) in [5, 5.41) is 6.15. The monoisotopic (exact) mass is 513 g/mol. The van der Waals surface area contributed by atoms with E-state index in [9.17, 15) is 4.79 Å². The van der Waals surface area contributed by atoms with Crippen molar-refractivity contribution in [2.45, 2.75) is 45.2 Å². The molecule has 1 aromatic carbocycles. The standard InChI is InChI=1S/C22H35N5O.HI/c1-3-12-24-21(28)15-25-22(23-2)27-14-11-20-19(17-27)10-7-13-26(20)16-18-8-5-4-6-9-18;/h4-6,8-9,19-20H,3,7,10-17H2,1-2H3,(H,23,25)(H,24,28);1H. The van der Waals surface area contributed by atoms with E-state index in [1.807, 2.05) is 0 Å². The predicted molar refractivity (Wildman–Crippen MR) is 130 cm³/mol. The summed E-state index contributed by atoms with van der Waals surface area (Å²) in [7, 11) is 1.81. The number of hydrogen-bond acceptors (Lipinski definition) is 3. The van der Waals surface area contributed by atoms with Crippen molar-refractivity contribution in [3.05, 3.63) is 35.9 Å². The summed E-state index contributed by atoms with van der Waals surface area (Å²) < 4.78 is 0. The molecule has 29 heavy (non-hydrogen) atoms. The lowest BCUT2D eigenvalue weighted by molar-refractivity contribution is -0.120. The number of aliphatic imine (C=N–C) groups is 1. The average Bonchev–Trinajstić information content (AvgIpc) is 2.73. The van der Waals surface area contributed by atoms with Crippen LogP contribution >= 0.6 is 24.0 Å². The topological polar surface area (TPSA) is 60.0 Å². The molecule has 2 atom stereocenters. The van der Waals surface area contributed by atoms with Crippen LogP contribution in [0.4, 0.5) is 0 Å². The van der Waals surface area contributed by atoms with Crippen molar-refractivity contribution >= 4 is 35.8 Å². The van der Waals surface area contributed by atoms with Crippen LogP contribution in [0.5, 0.6) is 0 Å². The van der Waals surface area contributed by atoms with Gasteiger partial charge >= 0.3 is 0 Å². The SMILES string of the molecule is CCCNC(=O)CNC(=NC)N1CCC2C(CCCN2Cc2ccccc2)C1.I. The molecular formula is C22H36IN5O. The van der Waals surface area contributed by atoms with Crippen molar-refractivity contribution < 1.29 is 4.79 Å². The number of benzene rings is 1. The maximum atomic E-state index is 11.9. The third-order valence-corrected chi connectivity index (χ3v) is 5.90. The minimum atomic E-state index is 0. The molecule has 162 valence electrons. The number of rotatable bonds is 6. The van der Waals surface area contributed by atoms with Crippen LogP contribution in [0, 0.1) is 5.92 Å². The Labute approximate surface area is 192 Å². The Kier molecular flexibility index (Phi) is 10.2. The Hall–Kier alpha value is -1.35. The molecule has 0 radical (unpaired) electrons. The largest absolute Gasteiger partial charge is 0.355 e. The van der Waals surface area contributed by atoms with Gasteiger partial charge in [-0.25, -0.2) is 0 Å². The van der Waals surface area contributed by atoms with Crippen LogP contribution in [-0.2, 0) is 11.3 Å². The molecule has 2 saturated heterocycles. The van der Waals surface area contributed by atoms with E-state index in [0.29, 0.717) is 12.0 Å². The summed E-state index contributed by atoms with van der Waals surface area (Å²) in [5.41, 5.74) is 1.40. The molecule has 2 aliphatic rings. The summed E-state index contributed by atoms with van der Waals surface area (Å²) in [6.45, 7) is 7.32. The fraction of sp³-hybridized carbons (Fsp3) is 0.636. The second-order valence-electron chi connectivity index (χ2n) is 7.91. The number of nitrogens with zero attached hydrogens (tertiary/aromatic N) is 3. The lowest BCUT2D eigenvalue weighted by Crippen LogP contribution is -2.57. The van der Waals surface area contributed by atoms with Crippen molar-refractivity contribution in [1.29, 1.82) is 0 Å².